The van der Waals surface area contributed by atoms with Gasteiger partial charge in [0.25, 0.3) is 5.91 Å². The van der Waals surface area contributed by atoms with Gasteiger partial charge in [-0.05, 0) is 25.7 Å². The van der Waals surface area contributed by atoms with E-state index in [2.05, 4.69) is 29.8 Å². The SMILES string of the molecule is CCCCCCCCCCCCCCCC(=O)OC[C@H](CSCCC(=O)N[C@@H](N)C(=O)NC(CCC(=O)O)C(=O)N[C@H](CCC(=O)O)C(=O)O)OC(=O)CCCCCCCCCCCCCCC. The van der Waals surface area contributed by atoms with Crippen LogP contribution in [0, 0.1) is 0 Å². The van der Waals surface area contributed by atoms with Crippen molar-refractivity contribution in [1.82, 2.24) is 16.0 Å². The number of hydrogen-bond donors (Lipinski definition) is 7. The van der Waals surface area contributed by atoms with Gasteiger partial charge in [0.1, 0.15) is 24.8 Å². The number of nitrogens with one attached hydrogen (secondary N) is 3. The predicted octanol–water partition coefficient (Wildman–Crippen LogP) is 8.71. The van der Waals surface area contributed by atoms with Gasteiger partial charge >= 0.3 is 29.8 Å². The third-order valence-corrected chi connectivity index (χ3v) is 12.7. The smallest absolute Gasteiger partial charge is 0.326 e. The minimum Gasteiger partial charge on any atom is -0.481 e. The Kier molecular flexibility index (Phi) is 41.7. The summed E-state index contributed by atoms with van der Waals surface area (Å²) in [6, 6.07) is -3.18. The summed E-state index contributed by atoms with van der Waals surface area (Å²) in [4.78, 5) is 97.7. The molecule has 3 amide bonds. The normalized spacial score (nSPS) is 12.9. The van der Waals surface area contributed by atoms with E-state index in [1.54, 1.807) is 0 Å². The van der Waals surface area contributed by atoms with E-state index in [0.29, 0.717) is 6.42 Å². The topological polar surface area (TPSA) is 278 Å². The van der Waals surface area contributed by atoms with Crippen LogP contribution in [0.5, 0.6) is 0 Å². The van der Waals surface area contributed by atoms with Crippen molar-refractivity contribution < 1.29 is 63.1 Å². The third kappa shape index (κ3) is 40.0. The highest BCUT2D eigenvalue weighted by molar-refractivity contribution is 7.99. The van der Waals surface area contributed by atoms with Gasteiger partial charge in [0.15, 0.2) is 6.17 Å². The van der Waals surface area contributed by atoms with Crippen molar-refractivity contribution in [2.45, 2.75) is 250 Å². The molecule has 0 fully saturated rings. The zero-order valence-corrected chi connectivity index (χ0v) is 42.5. The Morgan fingerprint density at radius 1 is 0.485 bits per heavy atom. The number of ether oxygens (including phenoxy) is 2. The van der Waals surface area contributed by atoms with Crippen molar-refractivity contribution in [2.75, 3.05) is 18.1 Å². The highest BCUT2D eigenvalue weighted by Crippen LogP contribution is 2.16. The average molecular weight is 987 g/mol. The maximum Gasteiger partial charge on any atom is 0.326 e. The number of nitrogens with two attached hydrogens (primary N) is 1. The summed E-state index contributed by atoms with van der Waals surface area (Å²) in [5.41, 5.74) is 5.87. The first-order chi connectivity index (χ1) is 32.7. The van der Waals surface area contributed by atoms with Crippen molar-refractivity contribution in [1.29, 1.82) is 0 Å². The first kappa shape index (κ1) is 64.1. The molecular formula is C50H90N4O13S. The summed E-state index contributed by atoms with van der Waals surface area (Å²) in [6.45, 7) is 4.34. The van der Waals surface area contributed by atoms with Gasteiger partial charge in [0.05, 0.1) is 0 Å². The number of rotatable bonds is 48. The Labute approximate surface area is 411 Å². The molecule has 0 saturated heterocycles. The van der Waals surface area contributed by atoms with Gasteiger partial charge in [-0.25, -0.2) is 4.79 Å². The number of amides is 3. The summed E-state index contributed by atoms with van der Waals surface area (Å²) < 4.78 is 11.3. The molecule has 17 nitrogen and oxygen atoms in total. The molecule has 18 heteroatoms. The fourth-order valence-corrected chi connectivity index (χ4v) is 8.40. The minimum atomic E-state index is -1.66. The molecule has 0 spiro atoms. The molecule has 0 radical (unpaired) electrons. The molecule has 1 unspecified atom stereocenters. The number of unbranched alkanes of at least 4 members (excludes halogenated alkanes) is 24. The van der Waals surface area contributed by atoms with E-state index >= 15 is 0 Å². The molecule has 394 valence electrons. The first-order valence-electron chi connectivity index (χ1n) is 25.9. The van der Waals surface area contributed by atoms with Crippen molar-refractivity contribution >= 4 is 59.3 Å². The highest BCUT2D eigenvalue weighted by Gasteiger charge is 2.29. The summed E-state index contributed by atoms with van der Waals surface area (Å²) in [6.07, 6.45) is 26.9. The van der Waals surface area contributed by atoms with Crippen LogP contribution in [-0.2, 0) is 47.8 Å². The Bertz CT molecular complexity index is 1400. The molecule has 0 aromatic rings. The van der Waals surface area contributed by atoms with Gasteiger partial charge in [-0.3, -0.25) is 33.6 Å². The standard InChI is InChI=1S/C50H90N4O13S/c1-3-5-7-9-11-13-15-17-19-21-23-25-27-29-45(60)66-37-39(67-46(61)30-28-26-24-22-20-18-16-14-12-10-8-6-4-2)38-68-36-35-42(55)54-47(51)49(63)52-40(31-33-43(56)57)48(62)53-41(50(64)65)32-34-44(58)59/h39-41,47H,3-38,51H2,1-2H3,(H,52,63)(H,53,62)(H,54,55)(H,56,57)(H,58,59)(H,64,65)/t39-,40?,41-,47-/m1/s1. The Morgan fingerprint density at radius 2 is 0.882 bits per heavy atom. The number of aliphatic carboxylic acids is 3. The number of carbonyl (C=O) groups excluding carboxylic acids is 5. The molecule has 0 aliphatic carbocycles. The number of hydrogen-bond acceptors (Lipinski definition) is 12. The number of carboxylic acids is 3. The quantitative estimate of drug-likeness (QED) is 0.0171. The van der Waals surface area contributed by atoms with Crippen molar-refractivity contribution in [3.8, 4) is 0 Å². The van der Waals surface area contributed by atoms with Gasteiger partial charge in [-0.1, -0.05) is 168 Å². The molecule has 0 rings (SSSR count). The third-order valence-electron chi connectivity index (χ3n) is 11.6. The minimum absolute atomic E-state index is 0.114. The lowest BCUT2D eigenvalue weighted by molar-refractivity contribution is -0.157. The second kappa shape index (κ2) is 44.3. The maximum atomic E-state index is 12.9. The molecule has 0 saturated carbocycles. The zero-order chi connectivity index (χ0) is 50.6. The molecule has 8 N–H and O–H groups in total. The van der Waals surface area contributed by atoms with Crippen LogP contribution in [0.15, 0.2) is 0 Å². The molecular weight excluding hydrogens is 897 g/mol. The van der Waals surface area contributed by atoms with Gasteiger partial charge in [-0.15, -0.1) is 0 Å². The van der Waals surface area contributed by atoms with Crippen LogP contribution < -0.4 is 21.7 Å². The van der Waals surface area contributed by atoms with E-state index in [-0.39, 0.29) is 49.3 Å². The second-order valence-corrected chi connectivity index (χ2v) is 19.1. The van der Waals surface area contributed by atoms with Crippen LogP contribution in [0.2, 0.25) is 0 Å². The first-order valence-corrected chi connectivity index (χ1v) is 27.1. The van der Waals surface area contributed by atoms with Crippen LogP contribution in [0.25, 0.3) is 0 Å². The number of thioether (sulfide) groups is 1. The lowest BCUT2D eigenvalue weighted by atomic mass is 10.0. The highest BCUT2D eigenvalue weighted by atomic mass is 32.2. The molecule has 0 aliphatic heterocycles. The van der Waals surface area contributed by atoms with E-state index in [9.17, 15) is 43.5 Å². The summed E-state index contributed by atoms with van der Waals surface area (Å²) >= 11 is 1.28. The molecule has 0 heterocycles. The predicted molar refractivity (Wildman–Crippen MR) is 265 cm³/mol. The van der Waals surface area contributed by atoms with Crippen molar-refractivity contribution in [2.24, 2.45) is 5.73 Å². The van der Waals surface area contributed by atoms with Gasteiger partial charge in [0, 0.05) is 43.6 Å². The van der Waals surface area contributed by atoms with Crippen LogP contribution in [0.3, 0.4) is 0 Å². The van der Waals surface area contributed by atoms with E-state index in [0.717, 1.165) is 44.9 Å². The molecule has 0 aromatic heterocycles. The fourth-order valence-electron chi connectivity index (χ4n) is 7.48. The summed E-state index contributed by atoms with van der Waals surface area (Å²) in [5, 5.41) is 34.1. The molecule has 68 heavy (non-hydrogen) atoms. The summed E-state index contributed by atoms with van der Waals surface area (Å²) in [5.74, 6) is -7.16. The monoisotopic (exact) mass is 987 g/mol. The van der Waals surface area contributed by atoms with Gasteiger partial charge < -0.3 is 46.5 Å². The van der Waals surface area contributed by atoms with E-state index < -0.39 is 85.7 Å². The van der Waals surface area contributed by atoms with Crippen molar-refractivity contribution in [3.63, 3.8) is 0 Å². The number of esters is 2. The lowest BCUT2D eigenvalue weighted by Gasteiger charge is -2.22. The van der Waals surface area contributed by atoms with Gasteiger partial charge in [0.2, 0.25) is 11.8 Å². The molecule has 0 aromatic carbocycles. The van der Waals surface area contributed by atoms with E-state index in [1.807, 2.05) is 0 Å². The van der Waals surface area contributed by atoms with Crippen LogP contribution in [0.4, 0.5) is 0 Å². The molecule has 0 bridgehead atoms. The molecule has 4 atom stereocenters. The van der Waals surface area contributed by atoms with Crippen LogP contribution in [-0.4, -0.2) is 105 Å². The van der Waals surface area contributed by atoms with E-state index in [4.69, 9.17) is 25.4 Å². The maximum absolute atomic E-state index is 12.9. The second-order valence-electron chi connectivity index (χ2n) is 18.0. The summed E-state index contributed by atoms with van der Waals surface area (Å²) in [7, 11) is 0. The Hall–Kier alpha value is -3.93. The number of carboxylic acid groups (broad SMARTS) is 3. The number of carbonyl (C=O) groups is 8. The average Bonchev–Trinajstić information content (AvgIpc) is 3.29. The lowest BCUT2D eigenvalue weighted by Crippen LogP contribution is -2.58. The largest absolute Gasteiger partial charge is 0.481 e. The van der Waals surface area contributed by atoms with Crippen LogP contribution >= 0.6 is 11.8 Å². The Morgan fingerprint density at radius 3 is 1.31 bits per heavy atom. The fraction of sp³-hybridized carbons (Fsp3) is 0.840. The Balaban J connectivity index is 4.99. The van der Waals surface area contributed by atoms with E-state index in [1.165, 1.54) is 127 Å². The van der Waals surface area contributed by atoms with Crippen molar-refractivity contribution in [3.05, 3.63) is 0 Å². The van der Waals surface area contributed by atoms with Gasteiger partial charge in [-0.2, -0.15) is 11.8 Å². The zero-order valence-electron chi connectivity index (χ0n) is 41.7. The molecule has 0 aliphatic rings. The van der Waals surface area contributed by atoms with Crippen LogP contribution in [0.1, 0.15) is 226 Å².